The molecule has 4 heteroatoms. The molecule has 92 valence electrons. The summed E-state index contributed by atoms with van der Waals surface area (Å²) >= 11 is 1.26. The van der Waals surface area contributed by atoms with Crippen LogP contribution in [0.5, 0.6) is 5.75 Å². The lowest BCUT2D eigenvalue weighted by molar-refractivity contribution is -0.109. The van der Waals surface area contributed by atoms with E-state index < -0.39 is 0 Å². The number of methoxy groups -OCH3 is 1. The van der Waals surface area contributed by atoms with Crippen molar-refractivity contribution >= 4 is 16.9 Å². The van der Waals surface area contributed by atoms with E-state index in [1.807, 2.05) is 0 Å². The molecule has 0 spiro atoms. The maximum absolute atomic E-state index is 10.7. The number of nitrogens with zero attached hydrogens (tertiary/aromatic N) is 1. The van der Waals surface area contributed by atoms with E-state index in [1.165, 1.54) is 18.7 Å². The SMILES string of the molecule is COc1ccc(C#N)cc1C#CCCSC(C)=O. The molecule has 1 aromatic rings. The monoisotopic (exact) mass is 259 g/mol. The van der Waals surface area contributed by atoms with Gasteiger partial charge in [0.1, 0.15) is 5.75 Å². The Bertz CT molecular complexity index is 535. The van der Waals surface area contributed by atoms with Crippen LogP contribution in [0.2, 0.25) is 0 Å². The molecule has 3 nitrogen and oxygen atoms in total. The lowest BCUT2D eigenvalue weighted by Crippen LogP contribution is -1.89. The summed E-state index contributed by atoms with van der Waals surface area (Å²) in [6, 6.07) is 7.18. The van der Waals surface area contributed by atoms with Gasteiger partial charge in [0.15, 0.2) is 5.12 Å². The first-order valence-corrected chi connectivity index (χ1v) is 6.36. The summed E-state index contributed by atoms with van der Waals surface area (Å²) in [7, 11) is 1.57. The van der Waals surface area contributed by atoms with Crippen molar-refractivity contribution in [3.63, 3.8) is 0 Å². The number of rotatable bonds is 3. The van der Waals surface area contributed by atoms with Crippen molar-refractivity contribution in [3.05, 3.63) is 29.3 Å². The molecule has 0 saturated heterocycles. The van der Waals surface area contributed by atoms with Crippen LogP contribution in [0.15, 0.2) is 18.2 Å². The molecule has 0 heterocycles. The van der Waals surface area contributed by atoms with Gasteiger partial charge in [-0.05, 0) is 18.2 Å². The van der Waals surface area contributed by atoms with Crippen molar-refractivity contribution in [2.24, 2.45) is 0 Å². The molecule has 0 aliphatic carbocycles. The van der Waals surface area contributed by atoms with Gasteiger partial charge in [0.05, 0.1) is 24.3 Å². The third-order valence-corrected chi connectivity index (χ3v) is 2.90. The van der Waals surface area contributed by atoms with Gasteiger partial charge in [-0.25, -0.2) is 0 Å². The largest absolute Gasteiger partial charge is 0.495 e. The summed E-state index contributed by atoms with van der Waals surface area (Å²) < 4.78 is 5.17. The van der Waals surface area contributed by atoms with Crippen LogP contribution < -0.4 is 4.74 Å². The molecule has 0 atom stereocenters. The van der Waals surface area contributed by atoms with Crippen LogP contribution in [-0.2, 0) is 4.79 Å². The van der Waals surface area contributed by atoms with Crippen LogP contribution in [0.25, 0.3) is 0 Å². The lowest BCUT2D eigenvalue weighted by atomic mass is 10.1. The van der Waals surface area contributed by atoms with Crippen LogP contribution in [0, 0.1) is 23.2 Å². The Labute approximate surface area is 111 Å². The zero-order valence-corrected chi connectivity index (χ0v) is 11.1. The highest BCUT2D eigenvalue weighted by Gasteiger charge is 2.01. The number of carbonyl (C=O) groups is 1. The highest BCUT2D eigenvalue weighted by molar-refractivity contribution is 8.13. The van der Waals surface area contributed by atoms with Crippen molar-refractivity contribution in [2.45, 2.75) is 13.3 Å². The zero-order valence-electron chi connectivity index (χ0n) is 10.3. The Balaban J connectivity index is 2.74. The highest BCUT2D eigenvalue weighted by Crippen LogP contribution is 2.18. The van der Waals surface area contributed by atoms with Gasteiger partial charge in [-0.2, -0.15) is 5.26 Å². The lowest BCUT2D eigenvalue weighted by Gasteiger charge is -2.02. The van der Waals surface area contributed by atoms with Crippen molar-refractivity contribution in [1.82, 2.24) is 0 Å². The van der Waals surface area contributed by atoms with E-state index in [2.05, 4.69) is 17.9 Å². The second kappa shape index (κ2) is 7.42. The fourth-order valence-corrected chi connectivity index (χ4v) is 1.77. The van der Waals surface area contributed by atoms with Crippen molar-refractivity contribution < 1.29 is 9.53 Å². The Hall–Kier alpha value is -1.91. The molecule has 0 aliphatic heterocycles. The van der Waals surface area contributed by atoms with Gasteiger partial charge < -0.3 is 4.74 Å². The van der Waals surface area contributed by atoms with Crippen LogP contribution in [0.4, 0.5) is 0 Å². The Morgan fingerprint density at radius 3 is 2.89 bits per heavy atom. The van der Waals surface area contributed by atoms with Gasteiger partial charge in [-0.3, -0.25) is 4.79 Å². The minimum atomic E-state index is 0.0980. The van der Waals surface area contributed by atoms with Crippen molar-refractivity contribution in [1.29, 1.82) is 5.26 Å². The predicted octanol–water partition coefficient (Wildman–Crippen LogP) is 2.59. The van der Waals surface area contributed by atoms with Gasteiger partial charge in [-0.15, -0.1) is 0 Å². The maximum atomic E-state index is 10.7. The fourth-order valence-electron chi connectivity index (χ4n) is 1.28. The molecule has 0 aliphatic rings. The number of thioether (sulfide) groups is 1. The smallest absolute Gasteiger partial charge is 0.185 e. The van der Waals surface area contributed by atoms with E-state index in [0.717, 1.165) is 0 Å². The number of hydrogen-bond donors (Lipinski definition) is 0. The first kappa shape index (κ1) is 14.2. The van der Waals surface area contributed by atoms with Crippen molar-refractivity contribution in [2.75, 3.05) is 12.9 Å². The number of hydrogen-bond acceptors (Lipinski definition) is 4. The van der Waals surface area contributed by atoms with Gasteiger partial charge >= 0.3 is 0 Å². The van der Waals surface area contributed by atoms with E-state index in [9.17, 15) is 4.79 Å². The molecule has 0 radical (unpaired) electrons. The van der Waals surface area contributed by atoms with E-state index >= 15 is 0 Å². The first-order chi connectivity index (χ1) is 8.67. The van der Waals surface area contributed by atoms with Gasteiger partial charge in [-0.1, -0.05) is 23.6 Å². The normalized spacial score (nSPS) is 8.94. The van der Waals surface area contributed by atoms with E-state index in [-0.39, 0.29) is 5.12 Å². The van der Waals surface area contributed by atoms with Crippen LogP contribution in [0.3, 0.4) is 0 Å². The summed E-state index contributed by atoms with van der Waals surface area (Å²) in [6.07, 6.45) is 0.629. The molecule has 0 amide bonds. The number of benzene rings is 1. The molecule has 0 aromatic heterocycles. The Kier molecular flexibility index (Phi) is 5.84. The molecular formula is C14H13NO2S. The third kappa shape index (κ3) is 4.53. The molecule has 0 bridgehead atoms. The maximum Gasteiger partial charge on any atom is 0.185 e. The number of nitriles is 1. The average molecular weight is 259 g/mol. The summed E-state index contributed by atoms with van der Waals surface area (Å²) in [5.74, 6) is 7.27. The molecule has 0 N–H and O–H groups in total. The molecule has 18 heavy (non-hydrogen) atoms. The Morgan fingerprint density at radius 2 is 2.28 bits per heavy atom. The fraction of sp³-hybridized carbons (Fsp3) is 0.286. The van der Waals surface area contributed by atoms with Gasteiger partial charge in [0.25, 0.3) is 0 Å². The van der Waals surface area contributed by atoms with E-state index in [4.69, 9.17) is 10.00 Å². The molecule has 0 saturated carbocycles. The van der Waals surface area contributed by atoms with Gasteiger partial charge in [0, 0.05) is 19.1 Å². The minimum Gasteiger partial charge on any atom is -0.495 e. The third-order valence-electron chi connectivity index (χ3n) is 2.08. The van der Waals surface area contributed by atoms with Crippen molar-refractivity contribution in [3.8, 4) is 23.7 Å². The standard InChI is InChI=1S/C14H13NO2S/c1-11(16)18-8-4-3-5-13-9-12(10-15)6-7-14(13)17-2/h6-7,9H,4,8H2,1-2H3. The molecular weight excluding hydrogens is 246 g/mol. The zero-order chi connectivity index (χ0) is 13.4. The molecule has 0 unspecified atom stereocenters. The highest BCUT2D eigenvalue weighted by atomic mass is 32.2. The number of carbonyl (C=O) groups excluding carboxylic acids is 1. The van der Waals surface area contributed by atoms with Crippen LogP contribution in [0.1, 0.15) is 24.5 Å². The molecule has 1 aromatic carbocycles. The van der Waals surface area contributed by atoms with Gasteiger partial charge in [0.2, 0.25) is 0 Å². The topological polar surface area (TPSA) is 50.1 Å². The average Bonchev–Trinajstić information content (AvgIpc) is 2.37. The summed E-state index contributed by atoms with van der Waals surface area (Å²) in [4.78, 5) is 10.7. The van der Waals surface area contributed by atoms with E-state index in [0.29, 0.717) is 29.1 Å². The quantitative estimate of drug-likeness (QED) is 0.618. The van der Waals surface area contributed by atoms with Crippen LogP contribution >= 0.6 is 11.8 Å². The Morgan fingerprint density at radius 1 is 1.50 bits per heavy atom. The minimum absolute atomic E-state index is 0.0980. The van der Waals surface area contributed by atoms with E-state index in [1.54, 1.807) is 25.3 Å². The summed E-state index contributed by atoms with van der Waals surface area (Å²) in [5, 5.41) is 8.91. The first-order valence-electron chi connectivity index (χ1n) is 5.37. The number of ether oxygens (including phenoxy) is 1. The second-order valence-corrected chi connectivity index (χ2v) is 4.69. The second-order valence-electron chi connectivity index (χ2n) is 3.42. The predicted molar refractivity (Wildman–Crippen MR) is 72.3 cm³/mol. The molecule has 0 fully saturated rings. The summed E-state index contributed by atoms with van der Waals surface area (Å²) in [6.45, 7) is 1.54. The van der Waals surface area contributed by atoms with Crippen LogP contribution in [-0.4, -0.2) is 18.0 Å². The molecule has 1 rings (SSSR count). The summed E-state index contributed by atoms with van der Waals surface area (Å²) in [5.41, 5.74) is 1.25.